The first kappa shape index (κ1) is 14.8. The van der Waals surface area contributed by atoms with Crippen LogP contribution in [0.1, 0.15) is 58.1 Å². The van der Waals surface area contributed by atoms with Crippen LogP contribution in [-0.2, 0) is 4.79 Å². The van der Waals surface area contributed by atoms with Gasteiger partial charge in [-0.2, -0.15) is 0 Å². The SMILES string of the molecule is CC[C@@H](C)Nc1ncccc1[C@H]1CCCCN1C(C)=O. The number of carbonyl (C=O) groups excluding carboxylic acids is 1. The lowest BCUT2D eigenvalue weighted by molar-refractivity contribution is -0.132. The monoisotopic (exact) mass is 275 g/mol. The average Bonchev–Trinajstić information content (AvgIpc) is 2.47. The van der Waals surface area contributed by atoms with Crippen LogP contribution in [0.4, 0.5) is 5.82 Å². The third kappa shape index (κ3) is 3.30. The van der Waals surface area contributed by atoms with Gasteiger partial charge < -0.3 is 10.2 Å². The number of anilines is 1. The summed E-state index contributed by atoms with van der Waals surface area (Å²) in [5.41, 5.74) is 1.16. The Morgan fingerprint density at radius 1 is 1.55 bits per heavy atom. The van der Waals surface area contributed by atoms with Gasteiger partial charge in [0.25, 0.3) is 0 Å². The molecule has 1 aromatic rings. The fraction of sp³-hybridized carbons (Fsp3) is 0.625. The van der Waals surface area contributed by atoms with Crippen molar-refractivity contribution >= 4 is 11.7 Å². The number of nitrogens with one attached hydrogen (secondary N) is 1. The maximum atomic E-state index is 11.9. The minimum atomic E-state index is 0.160. The van der Waals surface area contributed by atoms with Crippen molar-refractivity contribution in [3.05, 3.63) is 23.9 Å². The lowest BCUT2D eigenvalue weighted by atomic mass is 9.95. The summed E-state index contributed by atoms with van der Waals surface area (Å²) in [6.45, 7) is 6.83. The van der Waals surface area contributed by atoms with Crippen molar-refractivity contribution in [2.45, 2.75) is 58.5 Å². The van der Waals surface area contributed by atoms with Crippen molar-refractivity contribution in [2.75, 3.05) is 11.9 Å². The quantitative estimate of drug-likeness (QED) is 0.916. The van der Waals surface area contributed by atoms with E-state index in [9.17, 15) is 4.79 Å². The van der Waals surface area contributed by atoms with Gasteiger partial charge in [-0.15, -0.1) is 0 Å². The molecule has 4 heteroatoms. The highest BCUT2D eigenvalue weighted by Gasteiger charge is 2.28. The van der Waals surface area contributed by atoms with Gasteiger partial charge in [0.05, 0.1) is 6.04 Å². The molecule has 1 fully saturated rings. The second-order valence-electron chi connectivity index (χ2n) is 5.62. The Hall–Kier alpha value is -1.58. The fourth-order valence-electron chi connectivity index (χ4n) is 2.77. The van der Waals surface area contributed by atoms with Crippen molar-refractivity contribution in [3.8, 4) is 0 Å². The Labute approximate surface area is 121 Å². The molecule has 1 aliphatic heterocycles. The lowest BCUT2D eigenvalue weighted by Gasteiger charge is -2.36. The summed E-state index contributed by atoms with van der Waals surface area (Å²) in [5, 5.41) is 3.47. The van der Waals surface area contributed by atoms with Gasteiger partial charge in [0.2, 0.25) is 5.91 Å². The van der Waals surface area contributed by atoms with Crippen molar-refractivity contribution in [1.82, 2.24) is 9.88 Å². The third-order valence-electron chi connectivity index (χ3n) is 4.10. The van der Waals surface area contributed by atoms with Crippen LogP contribution >= 0.6 is 0 Å². The predicted molar refractivity (Wildman–Crippen MR) is 81.6 cm³/mol. The average molecular weight is 275 g/mol. The molecule has 2 rings (SSSR count). The highest BCUT2D eigenvalue weighted by molar-refractivity contribution is 5.74. The number of nitrogens with zero attached hydrogens (tertiary/aromatic N) is 2. The van der Waals surface area contributed by atoms with E-state index in [4.69, 9.17) is 0 Å². The first-order valence-corrected chi connectivity index (χ1v) is 7.62. The molecule has 0 spiro atoms. The van der Waals surface area contributed by atoms with Crippen molar-refractivity contribution in [1.29, 1.82) is 0 Å². The maximum Gasteiger partial charge on any atom is 0.219 e. The van der Waals surface area contributed by atoms with E-state index in [1.54, 1.807) is 6.92 Å². The summed E-state index contributed by atoms with van der Waals surface area (Å²) in [4.78, 5) is 18.3. The van der Waals surface area contributed by atoms with Crippen LogP contribution in [0, 0.1) is 0 Å². The van der Waals surface area contributed by atoms with E-state index in [-0.39, 0.29) is 11.9 Å². The molecule has 1 saturated heterocycles. The van der Waals surface area contributed by atoms with E-state index in [0.717, 1.165) is 37.2 Å². The normalized spacial score (nSPS) is 20.6. The molecule has 0 saturated carbocycles. The Kier molecular flexibility index (Phi) is 4.99. The summed E-state index contributed by atoms with van der Waals surface area (Å²) in [6.07, 6.45) is 6.17. The number of aromatic nitrogens is 1. The molecule has 0 aromatic carbocycles. The number of hydrogen-bond acceptors (Lipinski definition) is 3. The number of rotatable bonds is 4. The van der Waals surface area contributed by atoms with Gasteiger partial charge in [0, 0.05) is 31.3 Å². The molecule has 4 nitrogen and oxygen atoms in total. The third-order valence-corrected chi connectivity index (χ3v) is 4.10. The molecule has 0 aliphatic carbocycles. The first-order chi connectivity index (χ1) is 9.63. The van der Waals surface area contributed by atoms with Crippen LogP contribution in [0.3, 0.4) is 0 Å². The van der Waals surface area contributed by atoms with E-state index in [2.05, 4.69) is 30.2 Å². The second-order valence-corrected chi connectivity index (χ2v) is 5.62. The zero-order chi connectivity index (χ0) is 14.5. The van der Waals surface area contributed by atoms with Crippen LogP contribution in [0.5, 0.6) is 0 Å². The van der Waals surface area contributed by atoms with Crippen LogP contribution in [0.15, 0.2) is 18.3 Å². The Bertz CT molecular complexity index is 461. The highest BCUT2D eigenvalue weighted by Crippen LogP contribution is 2.34. The van der Waals surface area contributed by atoms with E-state index in [0.29, 0.717) is 6.04 Å². The maximum absolute atomic E-state index is 11.9. The van der Waals surface area contributed by atoms with Crippen molar-refractivity contribution < 1.29 is 4.79 Å². The molecule has 1 N–H and O–H groups in total. The second kappa shape index (κ2) is 6.73. The molecule has 0 radical (unpaired) electrons. The molecular weight excluding hydrogens is 250 g/mol. The summed E-state index contributed by atoms with van der Waals surface area (Å²) < 4.78 is 0. The first-order valence-electron chi connectivity index (χ1n) is 7.62. The molecule has 1 amide bonds. The number of piperidine rings is 1. The topological polar surface area (TPSA) is 45.2 Å². The van der Waals surface area contributed by atoms with Gasteiger partial charge in [-0.3, -0.25) is 4.79 Å². The number of pyridine rings is 1. The van der Waals surface area contributed by atoms with Crippen LogP contribution in [0.25, 0.3) is 0 Å². The Morgan fingerprint density at radius 2 is 2.35 bits per heavy atom. The summed E-state index contributed by atoms with van der Waals surface area (Å²) in [7, 11) is 0. The Balaban J connectivity index is 2.28. The Morgan fingerprint density at radius 3 is 3.05 bits per heavy atom. The molecule has 1 aliphatic rings. The molecule has 110 valence electrons. The van der Waals surface area contributed by atoms with E-state index in [1.807, 2.05) is 17.2 Å². The van der Waals surface area contributed by atoms with Gasteiger partial charge in [-0.05, 0) is 38.7 Å². The zero-order valence-corrected chi connectivity index (χ0v) is 12.7. The van der Waals surface area contributed by atoms with Gasteiger partial charge in [-0.1, -0.05) is 13.0 Å². The van der Waals surface area contributed by atoms with Gasteiger partial charge >= 0.3 is 0 Å². The zero-order valence-electron chi connectivity index (χ0n) is 12.7. The molecule has 2 atom stereocenters. The summed E-state index contributed by atoms with van der Waals surface area (Å²) in [6, 6.07) is 4.62. The van der Waals surface area contributed by atoms with Crippen LogP contribution < -0.4 is 5.32 Å². The standard InChI is InChI=1S/C16H25N3O/c1-4-12(2)18-16-14(8-7-10-17-16)15-9-5-6-11-19(15)13(3)20/h7-8,10,12,15H,4-6,9,11H2,1-3H3,(H,17,18)/t12-,15-/m1/s1. The smallest absolute Gasteiger partial charge is 0.219 e. The summed E-state index contributed by atoms with van der Waals surface area (Å²) in [5.74, 6) is 1.09. The summed E-state index contributed by atoms with van der Waals surface area (Å²) >= 11 is 0. The minimum absolute atomic E-state index is 0.160. The van der Waals surface area contributed by atoms with Gasteiger partial charge in [-0.25, -0.2) is 4.98 Å². The number of amides is 1. The molecule has 2 heterocycles. The van der Waals surface area contributed by atoms with E-state index < -0.39 is 0 Å². The molecule has 20 heavy (non-hydrogen) atoms. The van der Waals surface area contributed by atoms with Crippen molar-refractivity contribution in [3.63, 3.8) is 0 Å². The highest BCUT2D eigenvalue weighted by atomic mass is 16.2. The van der Waals surface area contributed by atoms with Crippen LogP contribution in [-0.4, -0.2) is 28.4 Å². The number of carbonyl (C=O) groups is 1. The molecule has 0 unspecified atom stereocenters. The lowest BCUT2D eigenvalue weighted by Crippen LogP contribution is -2.37. The molecule has 0 bridgehead atoms. The number of likely N-dealkylation sites (tertiary alicyclic amines) is 1. The number of hydrogen-bond donors (Lipinski definition) is 1. The van der Waals surface area contributed by atoms with Crippen molar-refractivity contribution in [2.24, 2.45) is 0 Å². The van der Waals surface area contributed by atoms with Gasteiger partial charge in [0.15, 0.2) is 0 Å². The van der Waals surface area contributed by atoms with E-state index in [1.165, 1.54) is 6.42 Å². The minimum Gasteiger partial charge on any atom is -0.367 e. The fourth-order valence-corrected chi connectivity index (χ4v) is 2.77. The van der Waals surface area contributed by atoms with Crippen LogP contribution in [0.2, 0.25) is 0 Å². The van der Waals surface area contributed by atoms with Gasteiger partial charge in [0.1, 0.15) is 5.82 Å². The predicted octanol–water partition coefficient (Wildman–Crippen LogP) is 3.37. The molecule has 1 aromatic heterocycles. The molecular formula is C16H25N3O. The van der Waals surface area contributed by atoms with E-state index >= 15 is 0 Å². The largest absolute Gasteiger partial charge is 0.367 e.